The Hall–Kier alpha value is -2.15. The van der Waals surface area contributed by atoms with E-state index in [0.717, 1.165) is 36.8 Å². The van der Waals surface area contributed by atoms with Crippen LogP contribution < -0.4 is 5.32 Å². The molecule has 4 rings (SSSR count). The van der Waals surface area contributed by atoms with Crippen LogP contribution in [0.15, 0.2) is 22.9 Å². The average molecular weight is 365 g/mol. The van der Waals surface area contributed by atoms with Crippen molar-refractivity contribution in [2.45, 2.75) is 59.3 Å². The second-order valence-electron chi connectivity index (χ2n) is 9.21. The smallest absolute Gasteiger partial charge is 0.221 e. The fraction of sp³-hybridized carbons (Fsp3) is 0.609. The second kappa shape index (κ2) is 5.92. The first-order valence-corrected chi connectivity index (χ1v) is 9.99. The van der Waals surface area contributed by atoms with Crippen molar-refractivity contribution in [3.63, 3.8) is 0 Å². The number of fused-ring (bicyclic) bond motifs is 5. The molecule has 0 bridgehead atoms. The van der Waals surface area contributed by atoms with Crippen molar-refractivity contribution in [3.8, 4) is 12.3 Å². The van der Waals surface area contributed by atoms with Gasteiger partial charge in [0, 0.05) is 30.8 Å². The lowest BCUT2D eigenvalue weighted by molar-refractivity contribution is -0.131. The van der Waals surface area contributed by atoms with E-state index >= 15 is 0 Å². The molecule has 0 aromatic heterocycles. The van der Waals surface area contributed by atoms with Crippen molar-refractivity contribution in [1.82, 2.24) is 5.32 Å². The molecule has 1 amide bonds. The molecule has 4 aliphatic rings. The van der Waals surface area contributed by atoms with Gasteiger partial charge in [-0.2, -0.15) is 0 Å². The number of Topliss-reactive ketones (excluding diaryl/α,β-unsaturated/α-hetero) is 2. The topological polar surface area (TPSA) is 63.2 Å². The van der Waals surface area contributed by atoms with Crippen LogP contribution in [-0.2, 0) is 14.4 Å². The monoisotopic (exact) mass is 365 g/mol. The van der Waals surface area contributed by atoms with Crippen LogP contribution in [0.5, 0.6) is 0 Å². The Morgan fingerprint density at radius 2 is 1.85 bits per heavy atom. The van der Waals surface area contributed by atoms with Crippen molar-refractivity contribution >= 4 is 17.5 Å². The highest BCUT2D eigenvalue weighted by molar-refractivity contribution is 6.01. The maximum atomic E-state index is 12.6. The summed E-state index contributed by atoms with van der Waals surface area (Å²) < 4.78 is 0. The molecule has 142 valence electrons. The van der Waals surface area contributed by atoms with Gasteiger partial charge in [0.1, 0.15) is 5.78 Å². The third-order valence-electron chi connectivity index (χ3n) is 7.96. The molecule has 2 fully saturated rings. The number of nitrogens with one attached hydrogen (secondary N) is 1. The first-order chi connectivity index (χ1) is 12.7. The van der Waals surface area contributed by atoms with E-state index in [4.69, 9.17) is 6.42 Å². The molecule has 4 heteroatoms. The summed E-state index contributed by atoms with van der Waals surface area (Å²) in [4.78, 5) is 36.9. The van der Waals surface area contributed by atoms with Gasteiger partial charge in [-0.1, -0.05) is 19.8 Å². The Bertz CT molecular complexity index is 857. The Morgan fingerprint density at radius 3 is 2.52 bits per heavy atom. The Kier molecular flexibility index (Phi) is 4.00. The maximum absolute atomic E-state index is 12.6. The molecule has 0 unspecified atom stereocenters. The number of terminal acetylenes is 1. The number of allylic oxidation sites excluding steroid dienone is 4. The van der Waals surface area contributed by atoms with Crippen LogP contribution in [0.3, 0.4) is 0 Å². The van der Waals surface area contributed by atoms with Crippen LogP contribution in [0.25, 0.3) is 0 Å². The molecule has 0 radical (unpaired) electrons. The van der Waals surface area contributed by atoms with Crippen LogP contribution in [0.4, 0.5) is 0 Å². The highest BCUT2D eigenvalue weighted by Gasteiger charge is 2.60. The predicted octanol–water partition coefficient (Wildman–Crippen LogP) is 3.33. The van der Waals surface area contributed by atoms with Crippen LogP contribution in [0.2, 0.25) is 0 Å². The highest BCUT2D eigenvalue weighted by atomic mass is 16.2. The molecule has 0 aromatic rings. The molecule has 0 spiro atoms. The fourth-order valence-corrected chi connectivity index (χ4v) is 6.46. The van der Waals surface area contributed by atoms with Crippen LogP contribution in [0, 0.1) is 40.9 Å². The fourth-order valence-electron chi connectivity index (χ4n) is 6.46. The molecule has 0 heterocycles. The molecule has 0 saturated heterocycles. The number of amides is 1. The summed E-state index contributed by atoms with van der Waals surface area (Å²) in [6.07, 6.45) is 12.5. The van der Waals surface area contributed by atoms with E-state index in [1.54, 1.807) is 0 Å². The second-order valence-corrected chi connectivity index (χ2v) is 9.21. The zero-order valence-corrected chi connectivity index (χ0v) is 16.4. The Morgan fingerprint density at radius 1 is 1.15 bits per heavy atom. The number of carbonyl (C=O) groups is 3. The first-order valence-electron chi connectivity index (χ1n) is 9.99. The molecule has 1 N–H and O–H groups in total. The average Bonchev–Trinajstić information content (AvgIpc) is 2.92. The molecule has 0 aliphatic heterocycles. The van der Waals surface area contributed by atoms with Gasteiger partial charge in [-0.05, 0) is 60.5 Å². The van der Waals surface area contributed by atoms with Gasteiger partial charge in [0.05, 0.1) is 5.70 Å². The number of ketones is 2. The molecular weight excluding hydrogens is 338 g/mol. The van der Waals surface area contributed by atoms with Gasteiger partial charge in [-0.3, -0.25) is 14.4 Å². The van der Waals surface area contributed by atoms with E-state index in [1.807, 2.05) is 6.08 Å². The minimum atomic E-state index is -0.264. The number of hydrogen-bond acceptors (Lipinski definition) is 3. The molecule has 4 nitrogen and oxygen atoms in total. The molecule has 27 heavy (non-hydrogen) atoms. The normalized spacial score (nSPS) is 40.5. The van der Waals surface area contributed by atoms with Crippen molar-refractivity contribution < 1.29 is 14.4 Å². The van der Waals surface area contributed by atoms with E-state index in [9.17, 15) is 14.4 Å². The minimum Gasteiger partial charge on any atom is -0.323 e. The van der Waals surface area contributed by atoms with Gasteiger partial charge in [-0.15, -0.1) is 6.42 Å². The third-order valence-corrected chi connectivity index (χ3v) is 7.96. The lowest BCUT2D eigenvalue weighted by atomic mass is 9.47. The van der Waals surface area contributed by atoms with Gasteiger partial charge < -0.3 is 5.32 Å². The molecule has 2 saturated carbocycles. The van der Waals surface area contributed by atoms with Crippen LogP contribution >= 0.6 is 0 Å². The van der Waals surface area contributed by atoms with E-state index in [0.29, 0.717) is 30.2 Å². The minimum absolute atomic E-state index is 0.0135. The molecule has 5 atom stereocenters. The van der Waals surface area contributed by atoms with Crippen molar-refractivity contribution in [3.05, 3.63) is 22.9 Å². The van der Waals surface area contributed by atoms with E-state index < -0.39 is 0 Å². The first kappa shape index (κ1) is 18.2. The van der Waals surface area contributed by atoms with E-state index in [1.165, 1.54) is 6.92 Å². The lowest BCUT2D eigenvalue weighted by Crippen LogP contribution is -2.51. The molecule has 0 aromatic carbocycles. The predicted molar refractivity (Wildman–Crippen MR) is 102 cm³/mol. The standard InChI is InChI=1S/C23H27NO3/c1-5-14-12-17-21(24-13(2)25)18(26)9-11-22(17,3)16-8-10-23(4)15(20(14)16)6-7-19(23)27/h1,12,15-16,20H,6-11H2,2-4H3,(H,24,25)/t15-,16-,20-,22+,23-/m0/s1. The van der Waals surface area contributed by atoms with Gasteiger partial charge in [0.25, 0.3) is 0 Å². The summed E-state index contributed by atoms with van der Waals surface area (Å²) in [6, 6.07) is 0. The molecular formula is C23H27NO3. The van der Waals surface area contributed by atoms with E-state index in [-0.39, 0.29) is 34.4 Å². The van der Waals surface area contributed by atoms with Crippen LogP contribution in [-0.4, -0.2) is 17.5 Å². The summed E-state index contributed by atoms with van der Waals surface area (Å²) in [5.41, 5.74) is 1.77. The maximum Gasteiger partial charge on any atom is 0.221 e. The summed E-state index contributed by atoms with van der Waals surface area (Å²) >= 11 is 0. The zero-order chi connectivity index (χ0) is 19.6. The summed E-state index contributed by atoms with van der Waals surface area (Å²) in [5.74, 6) is 3.80. The van der Waals surface area contributed by atoms with Gasteiger partial charge in [-0.25, -0.2) is 0 Å². The zero-order valence-electron chi connectivity index (χ0n) is 16.4. The summed E-state index contributed by atoms with van der Waals surface area (Å²) in [7, 11) is 0. The summed E-state index contributed by atoms with van der Waals surface area (Å²) in [6.45, 7) is 5.77. The molecule has 4 aliphatic carbocycles. The van der Waals surface area contributed by atoms with E-state index in [2.05, 4.69) is 25.1 Å². The highest BCUT2D eigenvalue weighted by Crippen LogP contribution is 2.64. The largest absolute Gasteiger partial charge is 0.323 e. The Balaban J connectivity index is 1.89. The lowest BCUT2D eigenvalue weighted by Gasteiger charge is -2.56. The van der Waals surface area contributed by atoms with Gasteiger partial charge in [0.15, 0.2) is 5.78 Å². The van der Waals surface area contributed by atoms with Crippen molar-refractivity contribution in [1.29, 1.82) is 0 Å². The van der Waals surface area contributed by atoms with Crippen molar-refractivity contribution in [2.24, 2.45) is 28.6 Å². The quantitative estimate of drug-likeness (QED) is 0.725. The van der Waals surface area contributed by atoms with Crippen molar-refractivity contribution in [2.75, 3.05) is 0 Å². The Labute approximate surface area is 160 Å². The third kappa shape index (κ3) is 2.40. The van der Waals surface area contributed by atoms with Crippen LogP contribution in [0.1, 0.15) is 59.3 Å². The number of hydrogen-bond donors (Lipinski definition) is 1. The van der Waals surface area contributed by atoms with Gasteiger partial charge >= 0.3 is 0 Å². The SMILES string of the molecule is C#CC1=CC2=C(NC(C)=O)C(=O)CC[C@]2(C)[C@H]2CC[C@]3(C)C(=O)CC[C@H]3[C@H]12. The number of rotatable bonds is 1. The summed E-state index contributed by atoms with van der Waals surface area (Å²) in [5, 5.41) is 2.78. The van der Waals surface area contributed by atoms with Gasteiger partial charge in [0.2, 0.25) is 5.91 Å². The number of carbonyl (C=O) groups excluding carboxylic acids is 3.